The lowest BCUT2D eigenvalue weighted by Gasteiger charge is -2.10. The largest absolute Gasteiger partial charge is 0.493 e. The number of carbonyl (C=O) groups excluding carboxylic acids is 1. The van der Waals surface area contributed by atoms with E-state index in [1.54, 1.807) is 20.3 Å². The number of amides is 1. The van der Waals surface area contributed by atoms with Gasteiger partial charge in [-0.25, -0.2) is 0 Å². The fourth-order valence-electron chi connectivity index (χ4n) is 2.82. The van der Waals surface area contributed by atoms with Crippen LogP contribution in [0.25, 0.3) is 0 Å². The minimum Gasteiger partial charge on any atom is -0.493 e. The first-order valence-corrected chi connectivity index (χ1v) is 9.66. The van der Waals surface area contributed by atoms with E-state index in [9.17, 15) is 4.79 Å². The molecule has 5 nitrogen and oxygen atoms in total. The minimum atomic E-state index is -0.261. The Balaban J connectivity index is 1.64. The van der Waals surface area contributed by atoms with Crippen LogP contribution in [-0.4, -0.2) is 20.1 Å². The predicted octanol–water partition coefficient (Wildman–Crippen LogP) is 4.99. The third kappa shape index (κ3) is 4.51. The van der Waals surface area contributed by atoms with Gasteiger partial charge in [0.1, 0.15) is 0 Å². The van der Waals surface area contributed by atoms with Crippen molar-refractivity contribution in [2.75, 3.05) is 14.2 Å². The Morgan fingerprint density at radius 3 is 2.39 bits per heavy atom. The van der Waals surface area contributed by atoms with E-state index in [1.165, 1.54) is 22.9 Å². The summed E-state index contributed by atoms with van der Waals surface area (Å²) in [6, 6.07) is 15.2. The molecule has 0 unspecified atom stereocenters. The Labute approximate surface area is 169 Å². The van der Waals surface area contributed by atoms with Crippen LogP contribution in [0.5, 0.6) is 11.5 Å². The first-order valence-electron chi connectivity index (χ1n) is 8.85. The number of furan rings is 1. The quantitative estimate of drug-likeness (QED) is 0.608. The normalized spacial score (nSPS) is 10.6. The standard InChI is InChI=1S/C22H23NO4S/c1-14-6-5-7-15(2)21(14)28-20-11-10-18(27-20)22(24)23-13-16-8-9-17(25-3)19(12-16)26-4/h5-12H,13H2,1-4H3,(H,23,24). The van der Waals surface area contributed by atoms with Gasteiger partial charge in [0.2, 0.25) is 0 Å². The molecule has 146 valence electrons. The number of aryl methyl sites for hydroxylation is 2. The average molecular weight is 397 g/mol. The van der Waals surface area contributed by atoms with Crippen molar-refractivity contribution in [1.82, 2.24) is 5.32 Å². The lowest BCUT2D eigenvalue weighted by Crippen LogP contribution is -2.22. The van der Waals surface area contributed by atoms with Crippen molar-refractivity contribution in [3.8, 4) is 11.5 Å². The summed E-state index contributed by atoms with van der Waals surface area (Å²) in [6.07, 6.45) is 0. The van der Waals surface area contributed by atoms with Crippen LogP contribution in [0.4, 0.5) is 0 Å². The van der Waals surface area contributed by atoms with Crippen molar-refractivity contribution in [1.29, 1.82) is 0 Å². The summed E-state index contributed by atoms with van der Waals surface area (Å²) in [7, 11) is 3.17. The van der Waals surface area contributed by atoms with Crippen molar-refractivity contribution in [3.63, 3.8) is 0 Å². The predicted molar refractivity (Wildman–Crippen MR) is 109 cm³/mol. The summed E-state index contributed by atoms with van der Waals surface area (Å²) in [5.41, 5.74) is 3.27. The summed E-state index contributed by atoms with van der Waals surface area (Å²) in [5, 5.41) is 3.55. The molecule has 3 aromatic rings. The van der Waals surface area contributed by atoms with E-state index in [1.807, 2.05) is 30.3 Å². The number of rotatable bonds is 7. The average Bonchev–Trinajstić information content (AvgIpc) is 3.17. The lowest BCUT2D eigenvalue weighted by atomic mass is 10.2. The number of hydrogen-bond donors (Lipinski definition) is 1. The Morgan fingerprint density at radius 1 is 1.00 bits per heavy atom. The molecule has 2 aromatic carbocycles. The van der Waals surface area contributed by atoms with Crippen LogP contribution >= 0.6 is 11.8 Å². The molecule has 0 aliphatic rings. The molecule has 0 fully saturated rings. The zero-order valence-corrected chi connectivity index (χ0v) is 17.2. The second-order valence-corrected chi connectivity index (χ2v) is 7.33. The third-order valence-corrected chi connectivity index (χ3v) is 5.59. The van der Waals surface area contributed by atoms with Gasteiger partial charge in [0.25, 0.3) is 5.91 Å². The third-order valence-electron chi connectivity index (χ3n) is 4.32. The van der Waals surface area contributed by atoms with Crippen LogP contribution in [-0.2, 0) is 6.54 Å². The number of nitrogens with one attached hydrogen (secondary N) is 1. The van der Waals surface area contributed by atoms with Gasteiger partial charge >= 0.3 is 0 Å². The summed E-state index contributed by atoms with van der Waals surface area (Å²) in [6.45, 7) is 4.49. The van der Waals surface area contributed by atoms with Gasteiger partial charge in [-0.2, -0.15) is 0 Å². The van der Waals surface area contributed by atoms with E-state index in [2.05, 4.69) is 31.3 Å². The van der Waals surface area contributed by atoms with Crippen LogP contribution in [0, 0.1) is 13.8 Å². The van der Waals surface area contributed by atoms with Gasteiger partial charge in [0.05, 0.1) is 14.2 Å². The molecular weight excluding hydrogens is 374 g/mol. The van der Waals surface area contributed by atoms with Crippen LogP contribution in [0.2, 0.25) is 0 Å². The lowest BCUT2D eigenvalue weighted by molar-refractivity contribution is 0.0918. The Hall–Kier alpha value is -2.86. The summed E-state index contributed by atoms with van der Waals surface area (Å²) in [5.74, 6) is 1.30. The van der Waals surface area contributed by atoms with Crippen molar-refractivity contribution in [3.05, 3.63) is 71.0 Å². The van der Waals surface area contributed by atoms with Crippen LogP contribution in [0.1, 0.15) is 27.2 Å². The Bertz CT molecular complexity index is 960. The number of ether oxygens (including phenoxy) is 2. The fourth-order valence-corrected chi connectivity index (χ4v) is 3.74. The SMILES string of the molecule is COc1ccc(CNC(=O)c2ccc(Sc3c(C)cccc3C)o2)cc1OC. The molecule has 0 atom stereocenters. The van der Waals surface area contributed by atoms with Crippen LogP contribution in [0.15, 0.2) is 62.9 Å². The van der Waals surface area contributed by atoms with Crippen LogP contribution in [0.3, 0.4) is 0 Å². The van der Waals surface area contributed by atoms with Crippen LogP contribution < -0.4 is 14.8 Å². The Kier molecular flexibility index (Phi) is 6.31. The molecule has 0 saturated carbocycles. The van der Waals surface area contributed by atoms with Crippen molar-refractivity contribution in [2.45, 2.75) is 30.4 Å². The van der Waals surface area contributed by atoms with E-state index in [0.29, 0.717) is 23.1 Å². The highest BCUT2D eigenvalue weighted by molar-refractivity contribution is 7.99. The van der Waals surface area contributed by atoms with E-state index < -0.39 is 0 Å². The van der Waals surface area contributed by atoms with E-state index in [0.717, 1.165) is 10.5 Å². The molecule has 6 heteroatoms. The zero-order chi connectivity index (χ0) is 20.1. The molecule has 1 aromatic heterocycles. The van der Waals surface area contributed by atoms with E-state index >= 15 is 0 Å². The van der Waals surface area contributed by atoms with Gasteiger partial charge in [0, 0.05) is 11.4 Å². The molecule has 0 saturated heterocycles. The topological polar surface area (TPSA) is 60.7 Å². The number of benzene rings is 2. The molecular formula is C22H23NO4S. The van der Waals surface area contributed by atoms with Crippen molar-refractivity contribution in [2.24, 2.45) is 0 Å². The molecule has 0 spiro atoms. The maximum Gasteiger partial charge on any atom is 0.287 e. The van der Waals surface area contributed by atoms with Gasteiger partial charge < -0.3 is 19.2 Å². The summed E-state index contributed by atoms with van der Waals surface area (Å²) in [4.78, 5) is 13.6. The Morgan fingerprint density at radius 2 is 1.71 bits per heavy atom. The van der Waals surface area contributed by atoms with Crippen molar-refractivity contribution >= 4 is 17.7 Å². The van der Waals surface area contributed by atoms with Crippen molar-refractivity contribution < 1.29 is 18.7 Å². The smallest absolute Gasteiger partial charge is 0.287 e. The van der Waals surface area contributed by atoms with Gasteiger partial charge in [-0.3, -0.25) is 4.79 Å². The monoisotopic (exact) mass is 397 g/mol. The fraction of sp³-hybridized carbons (Fsp3) is 0.227. The molecule has 0 aliphatic carbocycles. The van der Waals surface area contributed by atoms with E-state index in [-0.39, 0.29) is 11.7 Å². The highest BCUT2D eigenvalue weighted by Crippen LogP contribution is 2.34. The molecule has 0 aliphatic heterocycles. The molecule has 28 heavy (non-hydrogen) atoms. The molecule has 1 N–H and O–H groups in total. The van der Waals surface area contributed by atoms with Gasteiger partial charge in [-0.15, -0.1) is 0 Å². The molecule has 1 heterocycles. The van der Waals surface area contributed by atoms with E-state index in [4.69, 9.17) is 13.9 Å². The van der Waals surface area contributed by atoms with Gasteiger partial charge in [-0.1, -0.05) is 36.0 Å². The molecule has 0 radical (unpaired) electrons. The maximum absolute atomic E-state index is 12.4. The molecule has 3 rings (SSSR count). The minimum absolute atomic E-state index is 0.261. The first kappa shape index (κ1) is 19.9. The first-order chi connectivity index (χ1) is 13.5. The summed E-state index contributed by atoms with van der Waals surface area (Å²) < 4.78 is 16.2. The number of carbonyl (C=O) groups is 1. The number of methoxy groups -OCH3 is 2. The zero-order valence-electron chi connectivity index (χ0n) is 16.4. The highest BCUT2D eigenvalue weighted by atomic mass is 32.2. The van der Waals surface area contributed by atoms with Gasteiger partial charge in [0.15, 0.2) is 22.4 Å². The summed E-state index contributed by atoms with van der Waals surface area (Å²) >= 11 is 1.53. The molecule has 0 bridgehead atoms. The second kappa shape index (κ2) is 8.89. The second-order valence-electron chi connectivity index (χ2n) is 6.31. The molecule has 1 amide bonds. The maximum atomic E-state index is 12.4. The highest BCUT2D eigenvalue weighted by Gasteiger charge is 2.14. The number of hydrogen-bond acceptors (Lipinski definition) is 5. The van der Waals surface area contributed by atoms with Gasteiger partial charge in [-0.05, 0) is 54.8 Å².